The molecule has 0 spiro atoms. The second-order valence-electron chi connectivity index (χ2n) is 5.93. The molecule has 7 heteroatoms. The summed E-state index contributed by atoms with van der Waals surface area (Å²) in [6.07, 6.45) is 0. The maximum Gasteiger partial charge on any atom is 0.341 e. The molecule has 0 bridgehead atoms. The van der Waals surface area contributed by atoms with Crippen LogP contribution in [-0.2, 0) is 4.74 Å². The first-order valence-electron chi connectivity index (χ1n) is 8.54. The van der Waals surface area contributed by atoms with Crippen LogP contribution < -0.4 is 5.32 Å². The van der Waals surface area contributed by atoms with Crippen molar-refractivity contribution in [2.24, 2.45) is 0 Å². The van der Waals surface area contributed by atoms with Crippen molar-refractivity contribution < 1.29 is 14.3 Å². The molecular weight excluding hydrogens is 417 g/mol. The normalized spacial score (nSPS) is 10.6. The summed E-state index contributed by atoms with van der Waals surface area (Å²) >= 11 is 13.3. The number of ether oxygens (including phenoxy) is 1. The Balaban J connectivity index is 2.05. The van der Waals surface area contributed by atoms with E-state index in [1.165, 1.54) is 11.3 Å². The van der Waals surface area contributed by atoms with Gasteiger partial charge in [-0.25, -0.2) is 4.79 Å². The molecule has 1 N–H and O–H groups in total. The Kier molecular flexibility index (Phi) is 6.39. The molecule has 4 nitrogen and oxygen atoms in total. The first-order valence-corrected chi connectivity index (χ1v) is 10.1. The van der Waals surface area contributed by atoms with Gasteiger partial charge in [-0.1, -0.05) is 41.4 Å². The Bertz CT molecular complexity index is 1030. The van der Waals surface area contributed by atoms with Crippen molar-refractivity contribution in [3.8, 4) is 11.1 Å². The van der Waals surface area contributed by atoms with Crippen molar-refractivity contribution in [1.29, 1.82) is 0 Å². The van der Waals surface area contributed by atoms with E-state index in [-0.39, 0.29) is 12.5 Å². The highest BCUT2D eigenvalue weighted by molar-refractivity contribution is 7.17. The van der Waals surface area contributed by atoms with E-state index in [1.807, 2.05) is 19.1 Å². The molecule has 3 rings (SSSR count). The molecule has 0 aliphatic rings. The molecule has 2 aromatic carbocycles. The summed E-state index contributed by atoms with van der Waals surface area (Å²) in [5.41, 5.74) is 2.29. The Morgan fingerprint density at radius 2 is 1.79 bits per heavy atom. The van der Waals surface area contributed by atoms with Crippen LogP contribution in [0.1, 0.15) is 32.5 Å². The number of benzene rings is 2. The number of hydrogen-bond donors (Lipinski definition) is 1. The standard InChI is InChI=1S/C21H17Cl2NO3S/c1-3-27-21(26)18-17(13-7-9-15(22)10-8-13)12(2)28-20(18)24-19(25)14-5-4-6-16(23)11-14/h4-11H,3H2,1-2H3,(H,24,25). The van der Waals surface area contributed by atoms with Crippen molar-refractivity contribution in [2.45, 2.75) is 13.8 Å². The highest BCUT2D eigenvalue weighted by Gasteiger charge is 2.25. The molecule has 0 aliphatic carbocycles. The highest BCUT2D eigenvalue weighted by atomic mass is 35.5. The molecule has 1 aromatic heterocycles. The molecular formula is C21H17Cl2NO3S. The molecule has 0 radical (unpaired) electrons. The minimum Gasteiger partial charge on any atom is -0.462 e. The number of esters is 1. The quantitative estimate of drug-likeness (QED) is 0.469. The summed E-state index contributed by atoms with van der Waals surface area (Å²) in [5, 5.41) is 4.33. The molecule has 144 valence electrons. The third kappa shape index (κ3) is 4.38. The lowest BCUT2D eigenvalue weighted by molar-refractivity contribution is 0.0529. The summed E-state index contributed by atoms with van der Waals surface area (Å²) in [6, 6.07) is 13.8. The molecule has 0 unspecified atom stereocenters. The van der Waals surface area contributed by atoms with Gasteiger partial charge in [0.05, 0.1) is 6.61 Å². The van der Waals surface area contributed by atoms with E-state index in [2.05, 4.69) is 5.32 Å². The number of hydrogen-bond acceptors (Lipinski definition) is 4. The number of aryl methyl sites for hydroxylation is 1. The lowest BCUT2D eigenvalue weighted by Gasteiger charge is -2.09. The molecule has 0 atom stereocenters. The van der Waals surface area contributed by atoms with Gasteiger partial charge in [-0.05, 0) is 49.7 Å². The zero-order valence-corrected chi connectivity index (χ0v) is 17.5. The zero-order valence-electron chi connectivity index (χ0n) is 15.2. The number of amides is 1. The van der Waals surface area contributed by atoms with Crippen LogP contribution in [0.25, 0.3) is 11.1 Å². The average molecular weight is 434 g/mol. The van der Waals surface area contributed by atoms with Crippen molar-refractivity contribution in [2.75, 3.05) is 11.9 Å². The number of rotatable bonds is 5. The van der Waals surface area contributed by atoms with Crippen LogP contribution in [-0.4, -0.2) is 18.5 Å². The van der Waals surface area contributed by atoms with Crippen LogP contribution >= 0.6 is 34.5 Å². The van der Waals surface area contributed by atoms with Crippen LogP contribution in [0.4, 0.5) is 5.00 Å². The Morgan fingerprint density at radius 3 is 2.43 bits per heavy atom. The summed E-state index contributed by atoms with van der Waals surface area (Å²) in [6.45, 7) is 3.87. The van der Waals surface area contributed by atoms with Gasteiger partial charge in [-0.3, -0.25) is 4.79 Å². The van der Waals surface area contributed by atoms with E-state index >= 15 is 0 Å². The highest BCUT2D eigenvalue weighted by Crippen LogP contribution is 2.41. The predicted octanol–water partition coefficient (Wildman–Crippen LogP) is 6.46. The molecule has 28 heavy (non-hydrogen) atoms. The molecule has 1 heterocycles. The average Bonchev–Trinajstić information content (AvgIpc) is 2.98. The topological polar surface area (TPSA) is 55.4 Å². The van der Waals surface area contributed by atoms with E-state index in [9.17, 15) is 9.59 Å². The van der Waals surface area contributed by atoms with Crippen LogP contribution in [0, 0.1) is 6.92 Å². The van der Waals surface area contributed by atoms with E-state index in [4.69, 9.17) is 27.9 Å². The van der Waals surface area contributed by atoms with Gasteiger partial charge in [0.2, 0.25) is 0 Å². The lowest BCUT2D eigenvalue weighted by atomic mass is 10.0. The summed E-state index contributed by atoms with van der Waals surface area (Å²) < 4.78 is 5.24. The van der Waals surface area contributed by atoms with Crippen molar-refractivity contribution >= 4 is 51.4 Å². The first kappa shape index (κ1) is 20.4. The van der Waals surface area contributed by atoms with Gasteiger partial charge in [0.25, 0.3) is 5.91 Å². The number of carbonyl (C=O) groups is 2. The number of carbonyl (C=O) groups excluding carboxylic acids is 2. The monoisotopic (exact) mass is 433 g/mol. The van der Waals surface area contributed by atoms with Gasteiger partial charge in [-0.2, -0.15) is 0 Å². The van der Waals surface area contributed by atoms with Gasteiger partial charge in [0, 0.05) is 26.0 Å². The molecule has 0 saturated carbocycles. The zero-order chi connectivity index (χ0) is 20.3. The second kappa shape index (κ2) is 8.78. The minimum atomic E-state index is -0.488. The fraction of sp³-hybridized carbons (Fsp3) is 0.143. The third-order valence-electron chi connectivity index (χ3n) is 4.01. The lowest BCUT2D eigenvalue weighted by Crippen LogP contribution is -2.14. The van der Waals surface area contributed by atoms with Gasteiger partial charge < -0.3 is 10.1 Å². The molecule has 1 amide bonds. The largest absolute Gasteiger partial charge is 0.462 e. The van der Waals surface area contributed by atoms with E-state index in [0.717, 1.165) is 16.0 Å². The molecule has 0 saturated heterocycles. The number of halogens is 2. The van der Waals surface area contributed by atoms with Gasteiger partial charge in [0.1, 0.15) is 10.6 Å². The fourth-order valence-corrected chi connectivity index (χ4v) is 4.18. The summed E-state index contributed by atoms with van der Waals surface area (Å²) in [4.78, 5) is 26.2. The molecule has 0 aliphatic heterocycles. The number of thiophene rings is 1. The third-order valence-corrected chi connectivity index (χ3v) is 5.52. The predicted molar refractivity (Wildman–Crippen MR) is 115 cm³/mol. The number of anilines is 1. The Morgan fingerprint density at radius 1 is 1.07 bits per heavy atom. The van der Waals surface area contributed by atoms with Crippen LogP contribution in [0.15, 0.2) is 48.5 Å². The van der Waals surface area contributed by atoms with E-state index < -0.39 is 5.97 Å². The molecule has 3 aromatic rings. The summed E-state index contributed by atoms with van der Waals surface area (Å²) in [7, 11) is 0. The Hall–Kier alpha value is -2.34. The van der Waals surface area contributed by atoms with Crippen LogP contribution in [0.2, 0.25) is 10.0 Å². The van der Waals surface area contributed by atoms with Gasteiger partial charge in [-0.15, -0.1) is 11.3 Å². The second-order valence-corrected chi connectivity index (χ2v) is 8.03. The Labute approximate surface area is 177 Å². The number of nitrogens with one attached hydrogen (secondary N) is 1. The summed E-state index contributed by atoms with van der Waals surface area (Å²) in [5.74, 6) is -0.838. The maximum absolute atomic E-state index is 12.7. The van der Waals surface area contributed by atoms with Crippen LogP contribution in [0.3, 0.4) is 0 Å². The van der Waals surface area contributed by atoms with Crippen molar-refractivity contribution in [3.63, 3.8) is 0 Å². The van der Waals surface area contributed by atoms with Crippen molar-refractivity contribution in [1.82, 2.24) is 0 Å². The van der Waals surface area contributed by atoms with E-state index in [0.29, 0.717) is 26.2 Å². The van der Waals surface area contributed by atoms with Gasteiger partial charge in [0.15, 0.2) is 0 Å². The minimum absolute atomic E-state index is 0.232. The smallest absolute Gasteiger partial charge is 0.341 e. The van der Waals surface area contributed by atoms with Crippen molar-refractivity contribution in [3.05, 3.63) is 74.6 Å². The fourth-order valence-electron chi connectivity index (χ4n) is 2.80. The van der Waals surface area contributed by atoms with Crippen LogP contribution in [0.5, 0.6) is 0 Å². The first-order chi connectivity index (χ1) is 13.4. The van der Waals surface area contributed by atoms with Gasteiger partial charge >= 0.3 is 5.97 Å². The SMILES string of the molecule is CCOC(=O)c1c(NC(=O)c2cccc(Cl)c2)sc(C)c1-c1ccc(Cl)cc1. The maximum atomic E-state index is 12.7. The van der Waals surface area contributed by atoms with E-state index in [1.54, 1.807) is 43.3 Å². The molecule has 0 fully saturated rings.